The molecule has 0 spiro atoms. The average molecular weight is 441 g/mol. The van der Waals surface area contributed by atoms with Crippen LogP contribution in [0.5, 0.6) is 0 Å². The number of rotatable bonds is 6. The quantitative estimate of drug-likeness (QED) is 0.693. The van der Waals surface area contributed by atoms with Gasteiger partial charge < -0.3 is 0 Å². The fourth-order valence-corrected chi connectivity index (χ4v) is 5.50. The van der Waals surface area contributed by atoms with Crippen LogP contribution in [0, 0.1) is 5.92 Å². The van der Waals surface area contributed by atoms with E-state index < -0.39 is 33.5 Å². The van der Waals surface area contributed by atoms with Gasteiger partial charge in [-0.2, -0.15) is 0 Å². The average Bonchev–Trinajstić information content (AvgIpc) is 3.40. The summed E-state index contributed by atoms with van der Waals surface area (Å²) in [4.78, 5) is 24.4. The second-order valence-electron chi connectivity index (χ2n) is 5.84. The van der Waals surface area contributed by atoms with E-state index in [4.69, 9.17) is 0 Å². The third-order valence-corrected chi connectivity index (χ3v) is 7.28. The summed E-state index contributed by atoms with van der Waals surface area (Å²) < 4.78 is 39.1. The standard InChI is InChI=1S/C18H13AsF3O3S/c20-18(21,22)11-2-1-3-12(8-11)26-13-6-7-15(14(9-13)17(24)25)19-16(23)10-4-5-10/h1-3,6-10H,4-5H2,(H,24,25). The molecule has 0 atom stereocenters. The SMILES string of the molecule is O=C(O)c1cc(Sc2cccc(C(F)(F)F)c2)ccc1[As]C(=O)C1CC1. The molecule has 1 aliphatic carbocycles. The van der Waals surface area contributed by atoms with E-state index in [1.165, 1.54) is 18.2 Å². The fourth-order valence-electron chi connectivity index (χ4n) is 2.26. The number of carbonyl (C=O) groups excluding carboxylic acids is 1. The molecule has 0 bridgehead atoms. The van der Waals surface area contributed by atoms with Gasteiger partial charge in [0.2, 0.25) is 0 Å². The zero-order valence-corrected chi connectivity index (χ0v) is 16.0. The van der Waals surface area contributed by atoms with Gasteiger partial charge in [0.15, 0.2) is 0 Å². The summed E-state index contributed by atoms with van der Waals surface area (Å²) in [5.41, 5.74) is -0.700. The molecule has 3 rings (SSSR count). The van der Waals surface area contributed by atoms with Crippen LogP contribution in [0.1, 0.15) is 28.8 Å². The zero-order valence-electron chi connectivity index (χ0n) is 13.3. The van der Waals surface area contributed by atoms with Gasteiger partial charge in [-0.25, -0.2) is 0 Å². The molecule has 135 valence electrons. The summed E-state index contributed by atoms with van der Waals surface area (Å²) >= 11 is 0.181. The van der Waals surface area contributed by atoms with E-state index in [-0.39, 0.29) is 16.1 Å². The van der Waals surface area contributed by atoms with Crippen molar-refractivity contribution >= 4 is 42.4 Å². The summed E-state index contributed by atoms with van der Waals surface area (Å²) in [5, 5.41) is 9.42. The second kappa shape index (κ2) is 7.49. The van der Waals surface area contributed by atoms with E-state index in [0.29, 0.717) is 14.1 Å². The Balaban J connectivity index is 1.83. The molecule has 1 saturated carbocycles. The molecule has 0 amide bonds. The molecule has 1 aliphatic rings. The van der Waals surface area contributed by atoms with Crippen LogP contribution >= 0.6 is 11.8 Å². The Bertz CT molecular complexity index is 863. The predicted octanol–water partition coefficient (Wildman–Crippen LogP) is 3.82. The molecule has 8 heteroatoms. The molecule has 2 aromatic rings. The van der Waals surface area contributed by atoms with Crippen molar-refractivity contribution in [3.63, 3.8) is 0 Å². The topological polar surface area (TPSA) is 54.4 Å². The molecule has 3 nitrogen and oxygen atoms in total. The van der Waals surface area contributed by atoms with Crippen molar-refractivity contribution in [1.29, 1.82) is 0 Å². The first-order valence-electron chi connectivity index (χ1n) is 7.72. The van der Waals surface area contributed by atoms with Crippen LogP contribution in [0.2, 0.25) is 0 Å². The molecule has 0 saturated heterocycles. The number of carboxylic acids is 1. The van der Waals surface area contributed by atoms with E-state index in [1.54, 1.807) is 12.1 Å². The molecule has 1 N–H and O–H groups in total. The monoisotopic (exact) mass is 441 g/mol. The molecule has 2 aromatic carbocycles. The van der Waals surface area contributed by atoms with Gasteiger partial charge in [0.1, 0.15) is 0 Å². The van der Waals surface area contributed by atoms with E-state index in [1.807, 2.05) is 0 Å². The van der Waals surface area contributed by atoms with Crippen molar-refractivity contribution in [2.45, 2.75) is 28.8 Å². The number of aromatic carboxylic acids is 1. The number of carbonyl (C=O) groups is 2. The second-order valence-corrected chi connectivity index (χ2v) is 9.39. The van der Waals surface area contributed by atoms with Gasteiger partial charge in [-0.1, -0.05) is 0 Å². The van der Waals surface area contributed by atoms with Crippen LogP contribution in [0.3, 0.4) is 0 Å². The van der Waals surface area contributed by atoms with Gasteiger partial charge >= 0.3 is 159 Å². The first kappa shape index (κ1) is 19.1. The van der Waals surface area contributed by atoms with E-state index in [0.717, 1.165) is 36.7 Å². The predicted molar refractivity (Wildman–Crippen MR) is 92.1 cm³/mol. The molecule has 0 aliphatic heterocycles. The Morgan fingerprint density at radius 3 is 2.38 bits per heavy atom. The van der Waals surface area contributed by atoms with Crippen molar-refractivity contribution in [2.75, 3.05) is 0 Å². The van der Waals surface area contributed by atoms with Gasteiger partial charge in [-0.15, -0.1) is 0 Å². The van der Waals surface area contributed by atoms with Gasteiger partial charge in [0.25, 0.3) is 0 Å². The number of alkyl halides is 3. The van der Waals surface area contributed by atoms with Gasteiger partial charge in [-0.3, -0.25) is 0 Å². The van der Waals surface area contributed by atoms with Gasteiger partial charge in [-0.05, 0) is 0 Å². The minimum absolute atomic E-state index is 0.0518. The van der Waals surface area contributed by atoms with Crippen LogP contribution in [0.25, 0.3) is 0 Å². The molecular formula is C18H13AsF3O3S. The molecule has 1 fully saturated rings. The summed E-state index contributed by atoms with van der Waals surface area (Å²) in [5.74, 6) is -1.05. The zero-order chi connectivity index (χ0) is 18.9. The molecule has 26 heavy (non-hydrogen) atoms. The van der Waals surface area contributed by atoms with Crippen LogP contribution in [0.15, 0.2) is 52.3 Å². The van der Waals surface area contributed by atoms with Crippen molar-refractivity contribution in [3.05, 3.63) is 53.6 Å². The molecule has 0 unspecified atom stereocenters. The van der Waals surface area contributed by atoms with E-state index >= 15 is 0 Å². The van der Waals surface area contributed by atoms with Gasteiger partial charge in [0, 0.05) is 0 Å². The minimum atomic E-state index is -4.43. The first-order valence-corrected chi connectivity index (χ1v) is 10.4. The summed E-state index contributed by atoms with van der Waals surface area (Å²) in [7, 11) is 0. The third kappa shape index (κ3) is 4.71. The summed E-state index contributed by atoms with van der Waals surface area (Å²) in [6.45, 7) is 0. The maximum atomic E-state index is 12.8. The van der Waals surface area contributed by atoms with Crippen LogP contribution < -0.4 is 4.35 Å². The molecule has 0 aromatic heterocycles. The van der Waals surface area contributed by atoms with Crippen molar-refractivity contribution in [2.24, 2.45) is 5.92 Å². The number of halogens is 3. The Morgan fingerprint density at radius 1 is 1.08 bits per heavy atom. The molecular weight excluding hydrogens is 428 g/mol. The third-order valence-electron chi connectivity index (χ3n) is 3.75. The van der Waals surface area contributed by atoms with E-state index in [2.05, 4.69) is 0 Å². The van der Waals surface area contributed by atoms with Crippen LogP contribution in [-0.2, 0) is 11.0 Å². The Morgan fingerprint density at radius 2 is 1.77 bits per heavy atom. The number of hydrogen-bond donors (Lipinski definition) is 1. The van der Waals surface area contributed by atoms with Crippen LogP contribution in [-0.4, -0.2) is 31.4 Å². The Hall–Kier alpha value is -1.72. The number of carboxylic acid groups (broad SMARTS) is 1. The van der Waals surface area contributed by atoms with Crippen LogP contribution in [0.4, 0.5) is 13.2 Å². The number of benzene rings is 2. The normalized spacial score (nSPS) is 14.7. The van der Waals surface area contributed by atoms with E-state index in [9.17, 15) is 27.9 Å². The Kier molecular flexibility index (Phi) is 5.49. The fraction of sp³-hybridized carbons (Fsp3) is 0.222. The molecule has 1 radical (unpaired) electrons. The first-order chi connectivity index (χ1) is 12.2. The maximum absolute atomic E-state index is 12.8. The van der Waals surface area contributed by atoms with Crippen molar-refractivity contribution in [1.82, 2.24) is 0 Å². The Labute approximate surface area is 158 Å². The summed E-state index contributed by atoms with van der Waals surface area (Å²) in [6, 6.07) is 9.57. The van der Waals surface area contributed by atoms with Crippen molar-refractivity contribution in [3.8, 4) is 0 Å². The molecule has 0 heterocycles. The van der Waals surface area contributed by atoms with Crippen molar-refractivity contribution < 1.29 is 27.9 Å². The number of hydrogen-bond acceptors (Lipinski definition) is 3. The summed E-state index contributed by atoms with van der Waals surface area (Å²) in [6.07, 6.45) is -2.68. The van der Waals surface area contributed by atoms with Gasteiger partial charge in [0.05, 0.1) is 0 Å².